The Bertz CT molecular complexity index is 2120. The second-order valence-electron chi connectivity index (χ2n) is 13.6. The molecule has 0 unspecified atom stereocenters. The summed E-state index contributed by atoms with van der Waals surface area (Å²) in [6, 6.07) is 36.8. The average Bonchev–Trinajstić information content (AvgIpc) is 3.47. The molecule has 0 bridgehead atoms. The molecule has 0 aliphatic carbocycles. The summed E-state index contributed by atoms with van der Waals surface area (Å²) in [6.07, 6.45) is 2.61. The number of esters is 1. The smallest absolute Gasteiger partial charge is 0.306 e. The maximum absolute atomic E-state index is 13.7. The largest absolute Gasteiger partial charge is 0.461 e. The molecule has 0 radical (unpaired) electrons. The van der Waals surface area contributed by atoms with Gasteiger partial charge in [-0.25, -0.2) is 4.98 Å². The highest BCUT2D eigenvalue weighted by atomic mass is 16.5. The molecule has 3 heterocycles. The van der Waals surface area contributed by atoms with E-state index in [9.17, 15) is 9.59 Å². The normalized spacial score (nSPS) is 14.1. The Morgan fingerprint density at radius 1 is 0.843 bits per heavy atom. The number of fused-ring (bicyclic) bond motifs is 3. The molecule has 4 aromatic carbocycles. The second-order valence-corrected chi connectivity index (χ2v) is 13.6. The third-order valence-electron chi connectivity index (χ3n) is 10.3. The van der Waals surface area contributed by atoms with Crippen LogP contribution in [0.3, 0.4) is 0 Å². The molecular weight excluding hydrogens is 635 g/mol. The Morgan fingerprint density at radius 2 is 1.51 bits per heavy atom. The van der Waals surface area contributed by atoms with Crippen LogP contribution >= 0.6 is 0 Å². The van der Waals surface area contributed by atoms with Gasteiger partial charge in [0.15, 0.2) is 0 Å². The van der Waals surface area contributed by atoms with Crippen molar-refractivity contribution < 1.29 is 19.1 Å². The van der Waals surface area contributed by atoms with Crippen molar-refractivity contribution in [1.82, 2.24) is 14.9 Å². The third kappa shape index (κ3) is 7.74. The highest BCUT2D eigenvalue weighted by Crippen LogP contribution is 2.35. The lowest BCUT2D eigenvalue weighted by atomic mass is 9.80. The number of carbonyl (C=O) groups excluding carboxylic acids is 2. The molecule has 0 saturated carbocycles. The van der Waals surface area contributed by atoms with E-state index in [0.29, 0.717) is 39.1 Å². The number of aromatic nitrogens is 2. The summed E-state index contributed by atoms with van der Waals surface area (Å²) in [7, 11) is 0. The molecule has 2 aromatic heterocycles. The number of nitrogens with one attached hydrogen (secondary N) is 1. The van der Waals surface area contributed by atoms with Crippen LogP contribution in [0.4, 0.5) is 0 Å². The summed E-state index contributed by atoms with van der Waals surface area (Å²) < 4.78 is 13.5. The van der Waals surface area contributed by atoms with Gasteiger partial charge in [0, 0.05) is 49.2 Å². The summed E-state index contributed by atoms with van der Waals surface area (Å²) in [6.45, 7) is 6.98. The summed E-state index contributed by atoms with van der Waals surface area (Å²) in [5.74, 6) is -0.152. The van der Waals surface area contributed by atoms with E-state index >= 15 is 0 Å². The predicted octanol–water partition coefficient (Wildman–Crippen LogP) is 8.36. The van der Waals surface area contributed by atoms with Gasteiger partial charge in [0.05, 0.1) is 11.4 Å². The summed E-state index contributed by atoms with van der Waals surface area (Å²) in [5, 5.41) is 5.48. The Kier molecular flexibility index (Phi) is 10.5. The van der Waals surface area contributed by atoms with Crippen molar-refractivity contribution in [2.75, 3.05) is 13.2 Å². The number of hydrogen-bond acceptors (Lipinski definition) is 5. The average molecular weight is 680 g/mol. The first-order chi connectivity index (χ1) is 25.0. The van der Waals surface area contributed by atoms with E-state index < -0.39 is 0 Å². The van der Waals surface area contributed by atoms with E-state index in [1.165, 1.54) is 0 Å². The van der Waals surface area contributed by atoms with Crippen LogP contribution in [0.1, 0.15) is 64.3 Å². The Morgan fingerprint density at radius 3 is 2.24 bits per heavy atom. The van der Waals surface area contributed by atoms with Crippen molar-refractivity contribution in [3.8, 4) is 0 Å². The van der Waals surface area contributed by atoms with Gasteiger partial charge < -0.3 is 19.4 Å². The van der Waals surface area contributed by atoms with Gasteiger partial charge in [-0.05, 0) is 78.5 Å². The van der Waals surface area contributed by atoms with E-state index in [1.54, 1.807) is 0 Å². The van der Waals surface area contributed by atoms with E-state index in [4.69, 9.17) is 14.5 Å². The van der Waals surface area contributed by atoms with E-state index in [1.807, 2.05) is 67.6 Å². The maximum Gasteiger partial charge on any atom is 0.306 e. The predicted molar refractivity (Wildman–Crippen MR) is 201 cm³/mol. The topological polar surface area (TPSA) is 82.5 Å². The molecule has 0 spiro atoms. The standard InChI is InChI=1S/C44H45N3O4/c1-30-37(21-22-40(48)51-29-34-13-7-4-8-14-34)31(2)46-43-41(30)38-15-9-10-16-39(38)47(43)28-33-17-19-35(20-18-33)42(36-23-25-50-26-24-36)44(49)45-27-32-11-5-3-6-12-32/h3-20,36,42H,21-29H2,1-2H3,(H,45,49)/t42-/m1/s1. The van der Waals surface area contributed by atoms with Crippen LogP contribution in [-0.2, 0) is 45.2 Å². The van der Waals surface area contributed by atoms with Crippen LogP contribution in [0.2, 0.25) is 0 Å². The second kappa shape index (κ2) is 15.7. The lowest BCUT2D eigenvalue weighted by Gasteiger charge is -2.30. The lowest BCUT2D eigenvalue weighted by Crippen LogP contribution is -2.35. The zero-order valence-corrected chi connectivity index (χ0v) is 29.4. The molecule has 1 aliphatic rings. The molecule has 1 fully saturated rings. The van der Waals surface area contributed by atoms with Crippen molar-refractivity contribution in [2.24, 2.45) is 5.92 Å². The highest BCUT2D eigenvalue weighted by molar-refractivity contribution is 6.08. The van der Waals surface area contributed by atoms with Crippen LogP contribution in [0, 0.1) is 19.8 Å². The van der Waals surface area contributed by atoms with Crippen LogP contribution in [0.15, 0.2) is 109 Å². The summed E-state index contributed by atoms with van der Waals surface area (Å²) in [4.78, 5) is 31.6. The fraction of sp³-hybridized carbons (Fsp3) is 0.295. The third-order valence-corrected chi connectivity index (χ3v) is 10.3. The minimum Gasteiger partial charge on any atom is -0.461 e. The van der Waals surface area contributed by atoms with Crippen molar-refractivity contribution >= 4 is 33.8 Å². The minimum absolute atomic E-state index is 0.0660. The molecule has 260 valence electrons. The fourth-order valence-electron chi connectivity index (χ4n) is 7.58. The molecule has 1 amide bonds. The van der Waals surface area contributed by atoms with E-state index in [0.717, 1.165) is 73.9 Å². The summed E-state index contributed by atoms with van der Waals surface area (Å²) >= 11 is 0. The first kappa shape index (κ1) is 34.2. The molecule has 7 heteroatoms. The molecule has 6 aromatic rings. The molecule has 51 heavy (non-hydrogen) atoms. The number of nitrogens with zero attached hydrogens (tertiary/aromatic N) is 2. The van der Waals surface area contributed by atoms with Crippen LogP contribution < -0.4 is 5.32 Å². The number of carbonyl (C=O) groups is 2. The molecule has 7 nitrogen and oxygen atoms in total. The number of para-hydroxylation sites is 1. The number of hydrogen-bond donors (Lipinski definition) is 1. The molecule has 1 N–H and O–H groups in total. The Labute approximate surface area is 299 Å². The van der Waals surface area contributed by atoms with Gasteiger partial charge in [0.2, 0.25) is 5.91 Å². The molecule has 1 saturated heterocycles. The van der Waals surface area contributed by atoms with Gasteiger partial charge in [-0.2, -0.15) is 0 Å². The number of benzene rings is 4. The highest BCUT2D eigenvalue weighted by Gasteiger charge is 2.31. The Hall–Kier alpha value is -5.27. The minimum atomic E-state index is -0.235. The molecule has 1 aliphatic heterocycles. The van der Waals surface area contributed by atoms with Gasteiger partial charge in [0.1, 0.15) is 12.3 Å². The van der Waals surface area contributed by atoms with Gasteiger partial charge in [-0.3, -0.25) is 9.59 Å². The summed E-state index contributed by atoms with van der Waals surface area (Å²) in [5.41, 5.74) is 9.47. The molecule has 1 atom stereocenters. The monoisotopic (exact) mass is 679 g/mol. The SMILES string of the molecule is Cc1nc2c(c(C)c1CCC(=O)OCc1ccccc1)c1ccccc1n2Cc1ccc([C@@H](C(=O)NCc2ccccc2)C2CCOCC2)cc1. The van der Waals surface area contributed by atoms with Crippen molar-refractivity contribution in [1.29, 1.82) is 0 Å². The fourth-order valence-corrected chi connectivity index (χ4v) is 7.58. The maximum atomic E-state index is 13.7. The van der Waals surface area contributed by atoms with Crippen molar-refractivity contribution in [2.45, 2.75) is 65.1 Å². The number of pyridine rings is 1. The van der Waals surface area contributed by atoms with Gasteiger partial charge in [0.25, 0.3) is 0 Å². The molecular formula is C44H45N3O4. The van der Waals surface area contributed by atoms with Crippen molar-refractivity contribution in [3.63, 3.8) is 0 Å². The van der Waals surface area contributed by atoms with Crippen LogP contribution in [0.25, 0.3) is 21.9 Å². The number of aryl methyl sites for hydroxylation is 2. The van der Waals surface area contributed by atoms with Gasteiger partial charge >= 0.3 is 5.97 Å². The Balaban J connectivity index is 1.12. The zero-order valence-electron chi connectivity index (χ0n) is 29.4. The number of amides is 1. The molecule has 7 rings (SSSR count). The van der Waals surface area contributed by atoms with Crippen LogP contribution in [-0.4, -0.2) is 34.6 Å². The van der Waals surface area contributed by atoms with Gasteiger partial charge in [-0.1, -0.05) is 103 Å². The van der Waals surface area contributed by atoms with Crippen molar-refractivity contribution in [3.05, 3.63) is 148 Å². The van der Waals surface area contributed by atoms with Crippen LogP contribution in [0.5, 0.6) is 0 Å². The van der Waals surface area contributed by atoms with Gasteiger partial charge in [-0.15, -0.1) is 0 Å². The first-order valence-corrected chi connectivity index (χ1v) is 18.0. The quantitative estimate of drug-likeness (QED) is 0.132. The first-order valence-electron chi connectivity index (χ1n) is 18.0. The zero-order chi connectivity index (χ0) is 35.2. The number of rotatable bonds is 12. The van der Waals surface area contributed by atoms with E-state index in [2.05, 4.69) is 65.3 Å². The number of ether oxygens (including phenoxy) is 2. The van der Waals surface area contributed by atoms with E-state index in [-0.39, 0.29) is 30.3 Å². The lowest BCUT2D eigenvalue weighted by molar-refractivity contribution is -0.144.